The van der Waals surface area contributed by atoms with Crippen molar-refractivity contribution >= 4 is 22.2 Å². The average molecular weight is 412 g/mol. The summed E-state index contributed by atoms with van der Waals surface area (Å²) in [6, 6.07) is 24.1. The fourth-order valence-corrected chi connectivity index (χ4v) is 4.05. The number of hydrogen-bond acceptors (Lipinski definition) is 2. The van der Waals surface area contributed by atoms with Crippen LogP contribution in [0.1, 0.15) is 50.3 Å². The summed E-state index contributed by atoms with van der Waals surface area (Å²) in [7, 11) is 0. The van der Waals surface area contributed by atoms with Crippen LogP contribution in [0.15, 0.2) is 82.6 Å². The summed E-state index contributed by atoms with van der Waals surface area (Å²) in [4.78, 5) is 18.5. The van der Waals surface area contributed by atoms with E-state index >= 15 is 0 Å². The number of para-hydroxylation sites is 1. The predicted octanol–water partition coefficient (Wildman–Crippen LogP) is 6.72. The summed E-state index contributed by atoms with van der Waals surface area (Å²) >= 11 is 0. The van der Waals surface area contributed by atoms with E-state index in [1.807, 2.05) is 61.5 Å². The van der Waals surface area contributed by atoms with E-state index < -0.39 is 0 Å². The highest BCUT2D eigenvalue weighted by Crippen LogP contribution is 2.27. The fourth-order valence-electron chi connectivity index (χ4n) is 4.05. The molecule has 4 rings (SSSR count). The molecule has 0 saturated carbocycles. The van der Waals surface area contributed by atoms with E-state index in [-0.39, 0.29) is 5.56 Å². The Hall–Kier alpha value is -3.40. The topological polar surface area (TPSA) is 50.1 Å². The van der Waals surface area contributed by atoms with Crippen LogP contribution in [0.4, 0.5) is 5.69 Å². The van der Waals surface area contributed by atoms with E-state index in [4.69, 9.17) is 4.99 Å². The molecule has 3 aromatic carbocycles. The number of nitrogens with one attached hydrogen (secondary N) is 1. The molecule has 0 bridgehead atoms. The lowest BCUT2D eigenvalue weighted by Gasteiger charge is -2.08. The lowest BCUT2D eigenvalue weighted by atomic mass is 10.0. The van der Waals surface area contributed by atoms with Crippen LogP contribution in [0.2, 0.25) is 0 Å². The largest absolute Gasteiger partial charge is 0.295 e. The molecule has 4 heteroatoms. The third-order valence-electron chi connectivity index (χ3n) is 5.66. The second-order valence-electron chi connectivity index (χ2n) is 7.96. The zero-order valence-corrected chi connectivity index (χ0v) is 18.3. The smallest absolute Gasteiger partial charge is 0.280 e. The second-order valence-corrected chi connectivity index (χ2v) is 7.96. The highest BCUT2D eigenvalue weighted by atomic mass is 16.1. The van der Waals surface area contributed by atoms with Gasteiger partial charge in [0.25, 0.3) is 5.56 Å². The van der Waals surface area contributed by atoms with E-state index in [2.05, 4.69) is 30.2 Å². The van der Waals surface area contributed by atoms with Crippen molar-refractivity contribution < 1.29 is 0 Å². The summed E-state index contributed by atoms with van der Waals surface area (Å²) in [6.45, 7) is 4.17. The van der Waals surface area contributed by atoms with E-state index in [0.717, 1.165) is 52.8 Å². The van der Waals surface area contributed by atoms with Crippen LogP contribution in [-0.4, -0.2) is 15.5 Å². The van der Waals surface area contributed by atoms with Crippen LogP contribution >= 0.6 is 0 Å². The van der Waals surface area contributed by atoms with Crippen molar-refractivity contribution in [3.63, 3.8) is 0 Å². The molecule has 31 heavy (non-hydrogen) atoms. The number of nitrogens with zero attached hydrogens (tertiary/aromatic N) is 2. The minimum atomic E-state index is -0.0434. The first-order valence-electron chi connectivity index (χ1n) is 11.1. The quantitative estimate of drug-likeness (QED) is 0.254. The third kappa shape index (κ3) is 4.53. The Balaban J connectivity index is 1.82. The molecular formula is C27H29N3O. The van der Waals surface area contributed by atoms with Crippen molar-refractivity contribution in [2.24, 2.45) is 4.99 Å². The van der Waals surface area contributed by atoms with Gasteiger partial charge in [0.15, 0.2) is 0 Å². The van der Waals surface area contributed by atoms with E-state index in [9.17, 15) is 4.79 Å². The minimum absolute atomic E-state index is 0.0434. The van der Waals surface area contributed by atoms with Gasteiger partial charge in [0.05, 0.1) is 22.6 Å². The van der Waals surface area contributed by atoms with Gasteiger partial charge in [-0.15, -0.1) is 0 Å². The van der Waals surface area contributed by atoms with Crippen LogP contribution in [-0.2, 0) is 0 Å². The number of aliphatic imine (C=N–C) groups is 1. The van der Waals surface area contributed by atoms with Gasteiger partial charge in [-0.2, -0.15) is 0 Å². The molecular weight excluding hydrogens is 382 g/mol. The van der Waals surface area contributed by atoms with Crippen molar-refractivity contribution in [1.29, 1.82) is 0 Å². The highest BCUT2D eigenvalue weighted by Gasteiger charge is 2.18. The molecule has 0 amide bonds. The first-order chi connectivity index (χ1) is 15.2. The molecule has 0 unspecified atom stereocenters. The number of fused-ring (bicyclic) bond motifs is 1. The van der Waals surface area contributed by atoms with Gasteiger partial charge in [-0.3, -0.25) is 14.9 Å². The Kier molecular flexibility index (Phi) is 6.46. The number of unbranched alkanes of at least 4 members (excludes halogenated alkanes) is 3. The third-order valence-corrected chi connectivity index (χ3v) is 5.66. The number of rotatable bonds is 8. The van der Waals surface area contributed by atoms with Crippen LogP contribution < -0.4 is 5.56 Å². The molecule has 0 atom stereocenters. The Bertz CT molecular complexity index is 1240. The lowest BCUT2D eigenvalue weighted by molar-refractivity contribution is 0.683. The van der Waals surface area contributed by atoms with Gasteiger partial charge in [-0.25, -0.2) is 4.68 Å². The van der Waals surface area contributed by atoms with Crippen molar-refractivity contribution in [3.8, 4) is 5.69 Å². The maximum atomic E-state index is 13.4. The zero-order valence-electron chi connectivity index (χ0n) is 18.3. The highest BCUT2D eigenvalue weighted by molar-refractivity contribution is 6.05. The Morgan fingerprint density at radius 1 is 0.903 bits per heavy atom. The monoisotopic (exact) mass is 411 g/mol. The van der Waals surface area contributed by atoms with Gasteiger partial charge >= 0.3 is 0 Å². The van der Waals surface area contributed by atoms with Crippen molar-refractivity contribution in [2.75, 3.05) is 0 Å². The van der Waals surface area contributed by atoms with Gasteiger partial charge in [-0.1, -0.05) is 80.8 Å². The number of benzene rings is 3. The molecule has 0 fully saturated rings. The summed E-state index contributed by atoms with van der Waals surface area (Å²) in [5.74, 6) is 0. The zero-order chi connectivity index (χ0) is 21.6. The van der Waals surface area contributed by atoms with Gasteiger partial charge in [-0.05, 0) is 43.4 Å². The Morgan fingerprint density at radius 3 is 2.45 bits per heavy atom. The maximum Gasteiger partial charge on any atom is 0.280 e. The number of aromatic nitrogens is 2. The Morgan fingerprint density at radius 2 is 1.65 bits per heavy atom. The van der Waals surface area contributed by atoms with Gasteiger partial charge in [0.1, 0.15) is 0 Å². The van der Waals surface area contributed by atoms with Crippen molar-refractivity contribution in [1.82, 2.24) is 9.78 Å². The molecule has 0 radical (unpaired) electrons. The van der Waals surface area contributed by atoms with E-state index in [1.54, 1.807) is 4.68 Å². The van der Waals surface area contributed by atoms with Crippen LogP contribution in [0.3, 0.4) is 0 Å². The van der Waals surface area contributed by atoms with Crippen molar-refractivity contribution in [2.45, 2.75) is 46.0 Å². The first-order valence-corrected chi connectivity index (χ1v) is 11.1. The van der Waals surface area contributed by atoms with Gasteiger partial charge < -0.3 is 0 Å². The van der Waals surface area contributed by atoms with Crippen LogP contribution in [0.25, 0.3) is 16.5 Å². The molecule has 1 heterocycles. The second kappa shape index (κ2) is 9.61. The van der Waals surface area contributed by atoms with Gasteiger partial charge in [0, 0.05) is 11.1 Å². The first kappa shape index (κ1) is 20.9. The molecule has 4 aromatic rings. The molecule has 0 aliphatic carbocycles. The maximum absolute atomic E-state index is 13.4. The average Bonchev–Trinajstić information content (AvgIpc) is 3.10. The SMILES string of the molecule is CCCCCCC(=Nc1cccc2ccccc12)c1c(C)[nH]n(-c2ccccc2)c1=O. The van der Waals surface area contributed by atoms with Crippen molar-refractivity contribution in [3.05, 3.63) is 94.4 Å². The van der Waals surface area contributed by atoms with E-state index in [0.29, 0.717) is 5.56 Å². The van der Waals surface area contributed by atoms with Crippen LogP contribution in [0, 0.1) is 6.92 Å². The predicted molar refractivity (Wildman–Crippen MR) is 130 cm³/mol. The van der Waals surface area contributed by atoms with E-state index in [1.165, 1.54) is 12.8 Å². The summed E-state index contributed by atoms with van der Waals surface area (Å²) in [6.07, 6.45) is 5.32. The molecule has 158 valence electrons. The molecule has 0 saturated heterocycles. The molecule has 0 spiro atoms. The lowest BCUT2D eigenvalue weighted by Crippen LogP contribution is -2.20. The molecule has 0 aliphatic heterocycles. The van der Waals surface area contributed by atoms with Crippen LogP contribution in [0.5, 0.6) is 0 Å². The fraction of sp³-hybridized carbons (Fsp3) is 0.259. The normalized spacial score (nSPS) is 11.9. The number of aryl methyl sites for hydroxylation is 1. The standard InChI is InChI=1S/C27H29N3O/c1-3-4-5-9-18-25(28-24-19-12-14-21-13-10-11-17-23(21)24)26-20(2)29-30(27(26)31)22-15-7-6-8-16-22/h6-8,10-17,19,29H,3-5,9,18H2,1-2H3. The Labute approximate surface area is 183 Å². The summed E-state index contributed by atoms with van der Waals surface area (Å²) in [5, 5.41) is 5.52. The molecule has 0 aliphatic rings. The number of hydrogen-bond donors (Lipinski definition) is 1. The molecule has 1 N–H and O–H groups in total. The number of H-pyrrole nitrogens is 1. The molecule has 4 nitrogen and oxygen atoms in total. The van der Waals surface area contributed by atoms with Gasteiger partial charge in [0.2, 0.25) is 0 Å². The summed E-state index contributed by atoms with van der Waals surface area (Å²) in [5.41, 5.74) is 4.10. The summed E-state index contributed by atoms with van der Waals surface area (Å²) < 4.78 is 1.62. The number of aromatic amines is 1. The minimum Gasteiger partial charge on any atom is -0.295 e. The molecule has 1 aromatic heterocycles.